The van der Waals surface area contributed by atoms with E-state index >= 15 is 0 Å². The fourth-order valence-corrected chi connectivity index (χ4v) is 1.24. The second kappa shape index (κ2) is 5.82. The lowest BCUT2D eigenvalue weighted by atomic mass is 10.2. The first-order valence-electron chi connectivity index (χ1n) is 5.03. The summed E-state index contributed by atoms with van der Waals surface area (Å²) in [5.41, 5.74) is 0.548. The van der Waals surface area contributed by atoms with Crippen LogP contribution in [0.3, 0.4) is 0 Å². The molecule has 1 atom stereocenters. The van der Waals surface area contributed by atoms with Crippen molar-refractivity contribution in [3.05, 3.63) is 33.9 Å². The molecule has 0 fully saturated rings. The van der Waals surface area contributed by atoms with Gasteiger partial charge in [-0.25, -0.2) is 0 Å². The highest BCUT2D eigenvalue weighted by Gasteiger charge is 2.14. The van der Waals surface area contributed by atoms with Crippen molar-refractivity contribution in [3.8, 4) is 6.07 Å². The van der Waals surface area contributed by atoms with E-state index in [4.69, 9.17) is 10.00 Å². The third kappa shape index (κ3) is 3.43. The molecule has 6 nitrogen and oxygen atoms in total. The first-order valence-corrected chi connectivity index (χ1v) is 5.03. The Balaban J connectivity index is 2.92. The smallest absolute Gasteiger partial charge is 0.293 e. The molecule has 6 heteroatoms. The number of nitro groups is 1. The second-order valence-electron chi connectivity index (χ2n) is 3.53. The summed E-state index contributed by atoms with van der Waals surface area (Å²) in [6, 6.07) is 6.18. The third-order valence-corrected chi connectivity index (χ3v) is 2.31. The van der Waals surface area contributed by atoms with Gasteiger partial charge in [0.1, 0.15) is 5.69 Å². The van der Waals surface area contributed by atoms with Crippen LogP contribution in [0.2, 0.25) is 0 Å². The average Bonchev–Trinajstić information content (AvgIpc) is 2.35. The zero-order valence-corrected chi connectivity index (χ0v) is 9.64. The summed E-state index contributed by atoms with van der Waals surface area (Å²) in [5.74, 6) is 0. The molecule has 0 saturated heterocycles. The lowest BCUT2D eigenvalue weighted by Crippen LogP contribution is -2.18. The van der Waals surface area contributed by atoms with Gasteiger partial charge in [-0.05, 0) is 19.1 Å². The number of benzene rings is 1. The molecule has 1 aromatic carbocycles. The zero-order valence-electron chi connectivity index (χ0n) is 9.64. The molecule has 0 bridgehead atoms. The van der Waals surface area contributed by atoms with Gasteiger partial charge in [-0.2, -0.15) is 5.26 Å². The highest BCUT2D eigenvalue weighted by Crippen LogP contribution is 2.25. The third-order valence-electron chi connectivity index (χ3n) is 2.31. The van der Waals surface area contributed by atoms with Gasteiger partial charge in [0.2, 0.25) is 0 Å². The summed E-state index contributed by atoms with van der Waals surface area (Å²) in [7, 11) is 1.57. The quantitative estimate of drug-likeness (QED) is 0.622. The Kier molecular flexibility index (Phi) is 4.43. The molecule has 0 heterocycles. The Morgan fingerprint density at radius 1 is 1.65 bits per heavy atom. The number of rotatable bonds is 5. The molecule has 0 radical (unpaired) electrons. The van der Waals surface area contributed by atoms with Crippen LogP contribution in [0.1, 0.15) is 12.5 Å². The Labute approximate surface area is 99.0 Å². The molecule has 1 N–H and O–H groups in total. The van der Waals surface area contributed by atoms with Crippen LogP contribution in [-0.4, -0.2) is 24.7 Å². The van der Waals surface area contributed by atoms with Gasteiger partial charge in [-0.15, -0.1) is 0 Å². The minimum Gasteiger partial charge on any atom is -0.380 e. The summed E-state index contributed by atoms with van der Waals surface area (Å²) in [5, 5.41) is 22.4. The molecular formula is C11H13N3O3. The van der Waals surface area contributed by atoms with Gasteiger partial charge in [-0.1, -0.05) is 0 Å². The van der Waals surface area contributed by atoms with Crippen LogP contribution >= 0.6 is 0 Å². The Morgan fingerprint density at radius 3 is 2.88 bits per heavy atom. The van der Waals surface area contributed by atoms with Crippen molar-refractivity contribution in [2.45, 2.75) is 13.0 Å². The lowest BCUT2D eigenvalue weighted by molar-refractivity contribution is -0.384. The maximum atomic E-state index is 10.8. The maximum absolute atomic E-state index is 10.8. The van der Waals surface area contributed by atoms with Gasteiger partial charge in [-0.3, -0.25) is 10.1 Å². The molecule has 0 spiro atoms. The van der Waals surface area contributed by atoms with E-state index in [9.17, 15) is 10.1 Å². The van der Waals surface area contributed by atoms with Gasteiger partial charge in [0.15, 0.2) is 0 Å². The number of hydrogen-bond donors (Lipinski definition) is 1. The Bertz CT molecular complexity index is 454. The number of nitro benzene ring substituents is 1. The van der Waals surface area contributed by atoms with Gasteiger partial charge in [0.25, 0.3) is 5.69 Å². The van der Waals surface area contributed by atoms with Crippen molar-refractivity contribution in [2.75, 3.05) is 19.0 Å². The molecule has 1 unspecified atom stereocenters. The second-order valence-corrected chi connectivity index (χ2v) is 3.53. The highest BCUT2D eigenvalue weighted by molar-refractivity contribution is 5.64. The molecule has 0 saturated carbocycles. The highest BCUT2D eigenvalue weighted by atomic mass is 16.6. The zero-order chi connectivity index (χ0) is 12.8. The summed E-state index contributed by atoms with van der Waals surface area (Å²) in [6.07, 6.45) is -0.0507. The van der Waals surface area contributed by atoms with Gasteiger partial charge >= 0.3 is 0 Å². The molecule has 0 aliphatic rings. The number of methoxy groups -OCH3 is 1. The van der Waals surface area contributed by atoms with Crippen LogP contribution < -0.4 is 5.32 Å². The van der Waals surface area contributed by atoms with Gasteiger partial charge in [0.05, 0.1) is 22.7 Å². The van der Waals surface area contributed by atoms with Crippen LogP contribution in [0.4, 0.5) is 11.4 Å². The van der Waals surface area contributed by atoms with E-state index in [0.717, 1.165) is 0 Å². The number of hydrogen-bond acceptors (Lipinski definition) is 5. The molecule has 0 aromatic heterocycles. The van der Waals surface area contributed by atoms with Gasteiger partial charge in [0, 0.05) is 19.7 Å². The lowest BCUT2D eigenvalue weighted by Gasteiger charge is -2.11. The van der Waals surface area contributed by atoms with Crippen LogP contribution in [0.5, 0.6) is 0 Å². The van der Waals surface area contributed by atoms with Crippen LogP contribution in [0, 0.1) is 21.4 Å². The summed E-state index contributed by atoms with van der Waals surface area (Å²) < 4.78 is 5.03. The Hall–Kier alpha value is -2.13. The van der Waals surface area contributed by atoms with Crippen molar-refractivity contribution >= 4 is 11.4 Å². The Morgan fingerprint density at radius 2 is 2.35 bits per heavy atom. The van der Waals surface area contributed by atoms with Crippen molar-refractivity contribution < 1.29 is 9.66 Å². The van der Waals surface area contributed by atoms with Crippen molar-refractivity contribution in [1.29, 1.82) is 5.26 Å². The number of nitriles is 1. The van der Waals surface area contributed by atoms with E-state index in [-0.39, 0.29) is 17.4 Å². The topological polar surface area (TPSA) is 88.2 Å². The number of nitrogens with one attached hydrogen (secondary N) is 1. The van der Waals surface area contributed by atoms with Gasteiger partial charge < -0.3 is 10.1 Å². The minimum absolute atomic E-state index is 0.0507. The molecular weight excluding hydrogens is 222 g/mol. The van der Waals surface area contributed by atoms with E-state index in [0.29, 0.717) is 12.2 Å². The fraction of sp³-hybridized carbons (Fsp3) is 0.364. The SMILES string of the molecule is COC(C)CNc1ccc(C#N)cc1[N+](=O)[O-]. The van der Waals surface area contributed by atoms with Crippen molar-refractivity contribution in [3.63, 3.8) is 0 Å². The molecule has 0 aliphatic carbocycles. The monoisotopic (exact) mass is 235 g/mol. The van der Waals surface area contributed by atoms with Crippen LogP contribution in [-0.2, 0) is 4.74 Å². The number of anilines is 1. The standard InChI is InChI=1S/C11H13N3O3/c1-8(17-2)7-13-10-4-3-9(6-12)5-11(10)14(15)16/h3-5,8,13H,7H2,1-2H3. The predicted octanol–water partition coefficient (Wildman–Crippen LogP) is 1.91. The molecule has 90 valence electrons. The number of nitrogens with zero attached hydrogens (tertiary/aromatic N) is 2. The van der Waals surface area contributed by atoms with E-state index < -0.39 is 4.92 Å². The van der Waals surface area contributed by atoms with E-state index in [1.807, 2.05) is 13.0 Å². The maximum Gasteiger partial charge on any atom is 0.293 e. The van der Waals surface area contributed by atoms with E-state index in [2.05, 4.69) is 5.32 Å². The predicted molar refractivity (Wildman–Crippen MR) is 62.8 cm³/mol. The minimum atomic E-state index is -0.513. The average molecular weight is 235 g/mol. The fourth-order valence-electron chi connectivity index (χ4n) is 1.24. The molecule has 1 aromatic rings. The molecule has 0 aliphatic heterocycles. The summed E-state index contributed by atoms with van der Waals surface area (Å²) in [4.78, 5) is 10.3. The van der Waals surface area contributed by atoms with Crippen molar-refractivity contribution in [2.24, 2.45) is 0 Å². The van der Waals surface area contributed by atoms with Crippen LogP contribution in [0.25, 0.3) is 0 Å². The van der Waals surface area contributed by atoms with Crippen molar-refractivity contribution in [1.82, 2.24) is 0 Å². The summed E-state index contributed by atoms with van der Waals surface area (Å²) >= 11 is 0. The first kappa shape index (κ1) is 12.9. The largest absolute Gasteiger partial charge is 0.380 e. The molecule has 17 heavy (non-hydrogen) atoms. The first-order chi connectivity index (χ1) is 8.08. The molecule has 1 rings (SSSR count). The van der Waals surface area contributed by atoms with E-state index in [1.54, 1.807) is 7.11 Å². The summed E-state index contributed by atoms with van der Waals surface area (Å²) in [6.45, 7) is 2.31. The number of ether oxygens (including phenoxy) is 1. The molecule has 0 amide bonds. The van der Waals surface area contributed by atoms with Crippen LogP contribution in [0.15, 0.2) is 18.2 Å². The normalized spacial score (nSPS) is 11.6. The van der Waals surface area contributed by atoms with E-state index in [1.165, 1.54) is 18.2 Å².